The molecule has 4 aliphatic carbocycles. The highest BCUT2D eigenvalue weighted by Crippen LogP contribution is 2.71. The number of rotatable bonds is 15. The van der Waals surface area contributed by atoms with Crippen LogP contribution in [0.3, 0.4) is 0 Å². The highest BCUT2D eigenvalue weighted by atomic mass is 16.8. The van der Waals surface area contributed by atoms with Crippen molar-refractivity contribution in [3.63, 3.8) is 0 Å². The Bertz CT molecular complexity index is 1850. The van der Waals surface area contributed by atoms with Gasteiger partial charge in [-0.3, -0.25) is 0 Å². The molecule has 32 unspecified atom stereocenters. The normalized spacial score (nSPS) is 56.0. The summed E-state index contributed by atoms with van der Waals surface area (Å²) in [5.41, 5.74) is -0.0673. The summed E-state index contributed by atoms with van der Waals surface area (Å²) in [4.78, 5) is 0. The van der Waals surface area contributed by atoms with Gasteiger partial charge in [0, 0.05) is 12.3 Å². The minimum Gasteiger partial charge on any atom is -0.394 e. The van der Waals surface area contributed by atoms with Gasteiger partial charge in [0.25, 0.3) is 0 Å². The van der Waals surface area contributed by atoms with Crippen molar-refractivity contribution in [1.82, 2.24) is 0 Å². The van der Waals surface area contributed by atoms with E-state index in [0.29, 0.717) is 43.4 Å². The minimum atomic E-state index is -1.85. The fourth-order valence-electron chi connectivity index (χ4n) is 15.6. The number of ether oxygens (including phenoxy) is 9. The van der Waals surface area contributed by atoms with Crippen LogP contribution in [-0.4, -0.2) is 239 Å². The first-order chi connectivity index (χ1) is 35.0. The van der Waals surface area contributed by atoms with Crippen LogP contribution >= 0.6 is 0 Å². The van der Waals surface area contributed by atoms with Crippen LogP contribution in [0.5, 0.6) is 0 Å². The van der Waals surface area contributed by atoms with Gasteiger partial charge < -0.3 is 114 Å². The van der Waals surface area contributed by atoms with E-state index in [4.69, 9.17) is 42.6 Å². The molecule has 32 atom stereocenters. The molecule has 74 heavy (non-hydrogen) atoms. The molecule has 4 saturated carbocycles. The lowest BCUT2D eigenvalue weighted by Gasteiger charge is -2.61. The maximum absolute atomic E-state index is 12.1. The van der Waals surface area contributed by atoms with Gasteiger partial charge in [-0.1, -0.05) is 27.7 Å². The Kier molecular flexibility index (Phi) is 17.6. The van der Waals surface area contributed by atoms with Crippen molar-refractivity contribution in [2.45, 2.75) is 240 Å². The first-order valence-electron chi connectivity index (χ1n) is 27.2. The van der Waals surface area contributed by atoms with Crippen LogP contribution in [0, 0.1) is 52.3 Å². The number of hydrogen-bond donors (Lipinski definition) is 14. The van der Waals surface area contributed by atoms with Gasteiger partial charge in [-0.05, 0) is 111 Å². The summed E-state index contributed by atoms with van der Waals surface area (Å²) >= 11 is 0. The number of aliphatic hydroxyl groups excluding tert-OH is 13. The van der Waals surface area contributed by atoms with Crippen LogP contribution in [0.1, 0.15) is 98.8 Å². The van der Waals surface area contributed by atoms with Gasteiger partial charge in [0.05, 0.1) is 44.7 Å². The Balaban J connectivity index is 0.835. The molecule has 0 aromatic carbocycles. The summed E-state index contributed by atoms with van der Waals surface area (Å²) in [5, 5.41) is 149. The Hall–Kier alpha value is -0.920. The zero-order chi connectivity index (χ0) is 53.5. The van der Waals surface area contributed by atoms with Gasteiger partial charge >= 0.3 is 0 Å². The maximum atomic E-state index is 12.1. The standard InChI is InChI=1S/C51H86O23/c1-20(19-66-45-39(61)37(59)34(56)29(16-52)69-45)8-13-51(65)21(2)32-28(74-51)15-27-25-7-6-23-14-24(9-11-49(23,4)26(25)10-12-50(27,32)5)68-48-44(73-47-41(63)38(60)35(57)30(17-53)70-47)42(64)43(31(18-54)71-48)72-46-40(62)36(58)33(55)22(3)67-46/h20-48,52-65H,6-19H2,1-5H3. The molecule has 9 rings (SSSR count). The summed E-state index contributed by atoms with van der Waals surface area (Å²) in [5.74, 6) is 0.175. The van der Waals surface area contributed by atoms with Gasteiger partial charge in [0.1, 0.15) is 91.6 Å². The zero-order valence-electron chi connectivity index (χ0n) is 43.1. The molecule has 5 heterocycles. The van der Waals surface area contributed by atoms with Crippen molar-refractivity contribution in [1.29, 1.82) is 0 Å². The van der Waals surface area contributed by atoms with E-state index >= 15 is 0 Å². The van der Waals surface area contributed by atoms with E-state index in [1.165, 1.54) is 6.92 Å². The molecule has 23 nitrogen and oxygen atoms in total. The summed E-state index contributed by atoms with van der Waals surface area (Å²) < 4.78 is 54.5. The molecule has 428 valence electrons. The highest BCUT2D eigenvalue weighted by Gasteiger charge is 2.68. The predicted octanol–water partition coefficient (Wildman–Crippen LogP) is -2.93. The number of hydrogen-bond acceptors (Lipinski definition) is 23. The molecule has 23 heteroatoms. The third kappa shape index (κ3) is 10.3. The molecule has 0 spiro atoms. The predicted molar refractivity (Wildman–Crippen MR) is 250 cm³/mol. The summed E-state index contributed by atoms with van der Waals surface area (Å²) in [7, 11) is 0. The van der Waals surface area contributed by atoms with E-state index in [9.17, 15) is 71.5 Å². The smallest absolute Gasteiger partial charge is 0.187 e. The second kappa shape index (κ2) is 22.6. The van der Waals surface area contributed by atoms with Gasteiger partial charge in [0.2, 0.25) is 0 Å². The lowest BCUT2D eigenvalue weighted by molar-refractivity contribution is -0.391. The second-order valence-electron chi connectivity index (χ2n) is 24.3. The monoisotopic (exact) mass is 1070 g/mol. The summed E-state index contributed by atoms with van der Waals surface area (Å²) in [6, 6.07) is 0. The van der Waals surface area contributed by atoms with E-state index in [1.54, 1.807) is 0 Å². The SMILES string of the molecule is CC(CCC1(O)OC2CC3C4CCC5CC(OC6OC(CO)C(OC7OC(C)C(O)C(O)C7O)C(O)C6OC6OC(CO)C(O)C(O)C6O)CCC5(C)C4CCC3(C)C2C1C)COC1OC(CO)C(O)C(O)C1O. The molecular weight excluding hydrogens is 981 g/mol. The second-order valence-corrected chi connectivity index (χ2v) is 24.3. The van der Waals surface area contributed by atoms with Crippen molar-refractivity contribution < 1.29 is 114 Å². The van der Waals surface area contributed by atoms with Crippen molar-refractivity contribution in [2.24, 2.45) is 52.3 Å². The molecule has 9 fully saturated rings. The van der Waals surface area contributed by atoms with Crippen LogP contribution in [0.2, 0.25) is 0 Å². The molecule has 5 aliphatic heterocycles. The Morgan fingerprint density at radius 3 is 1.77 bits per heavy atom. The fourth-order valence-corrected chi connectivity index (χ4v) is 15.6. The quantitative estimate of drug-likeness (QED) is 0.0730. The Morgan fingerprint density at radius 1 is 0.554 bits per heavy atom. The molecule has 14 N–H and O–H groups in total. The first-order valence-corrected chi connectivity index (χ1v) is 27.2. The molecule has 0 bridgehead atoms. The lowest BCUT2D eigenvalue weighted by atomic mass is 9.44. The third-order valence-electron chi connectivity index (χ3n) is 20.1. The van der Waals surface area contributed by atoms with Crippen LogP contribution in [-0.2, 0) is 42.6 Å². The number of aliphatic hydroxyl groups is 14. The van der Waals surface area contributed by atoms with Gasteiger partial charge in [-0.15, -0.1) is 0 Å². The largest absolute Gasteiger partial charge is 0.394 e. The van der Waals surface area contributed by atoms with E-state index in [2.05, 4.69) is 20.8 Å². The van der Waals surface area contributed by atoms with Gasteiger partial charge in [-0.2, -0.15) is 0 Å². The van der Waals surface area contributed by atoms with Gasteiger partial charge in [0.15, 0.2) is 30.9 Å². The van der Waals surface area contributed by atoms with E-state index < -0.39 is 155 Å². The van der Waals surface area contributed by atoms with Crippen molar-refractivity contribution in [2.75, 3.05) is 26.4 Å². The topological polar surface area (TPSA) is 366 Å². The van der Waals surface area contributed by atoms with Crippen molar-refractivity contribution in [3.05, 3.63) is 0 Å². The minimum absolute atomic E-state index is 0.0231. The van der Waals surface area contributed by atoms with Crippen LogP contribution in [0.25, 0.3) is 0 Å². The molecule has 9 aliphatic rings. The van der Waals surface area contributed by atoms with Crippen molar-refractivity contribution >= 4 is 0 Å². The molecule has 0 radical (unpaired) electrons. The van der Waals surface area contributed by atoms with Crippen LogP contribution < -0.4 is 0 Å². The maximum Gasteiger partial charge on any atom is 0.187 e. The molecule has 0 aromatic heterocycles. The molecular formula is C51H86O23. The Labute approximate surface area is 431 Å². The summed E-state index contributed by atoms with van der Waals surface area (Å²) in [6.07, 6.45) is -22.8. The molecule has 5 saturated heterocycles. The number of fused-ring (bicyclic) bond motifs is 7. The van der Waals surface area contributed by atoms with E-state index in [-0.39, 0.29) is 47.2 Å². The Morgan fingerprint density at radius 2 is 1.12 bits per heavy atom. The van der Waals surface area contributed by atoms with Crippen LogP contribution in [0.15, 0.2) is 0 Å². The van der Waals surface area contributed by atoms with Crippen LogP contribution in [0.4, 0.5) is 0 Å². The fraction of sp³-hybridized carbons (Fsp3) is 1.00. The highest BCUT2D eigenvalue weighted by molar-refractivity contribution is 5.15. The first kappa shape index (κ1) is 57.8. The third-order valence-corrected chi connectivity index (χ3v) is 20.1. The molecule has 0 aromatic rings. The van der Waals surface area contributed by atoms with Crippen molar-refractivity contribution in [3.8, 4) is 0 Å². The van der Waals surface area contributed by atoms with Gasteiger partial charge in [-0.25, -0.2) is 0 Å². The average Bonchev–Trinajstić information content (AvgIpc) is 3.82. The lowest BCUT2D eigenvalue weighted by Crippen LogP contribution is -2.67. The molecule has 0 amide bonds. The van der Waals surface area contributed by atoms with E-state index in [0.717, 1.165) is 38.5 Å². The average molecular weight is 1070 g/mol. The summed E-state index contributed by atoms with van der Waals surface area (Å²) in [6.45, 7) is 8.47. The zero-order valence-corrected chi connectivity index (χ0v) is 43.1. The van der Waals surface area contributed by atoms with E-state index in [1.807, 2.05) is 6.92 Å².